The summed E-state index contributed by atoms with van der Waals surface area (Å²) in [4.78, 5) is 23.5. The summed E-state index contributed by atoms with van der Waals surface area (Å²) in [5.74, 6) is 0.138. The molecule has 0 bridgehead atoms. The molecule has 3 rings (SSSR count). The maximum atomic E-state index is 12.4. The van der Waals surface area contributed by atoms with Gasteiger partial charge in [0, 0.05) is 28.9 Å². The maximum absolute atomic E-state index is 12.4. The van der Waals surface area contributed by atoms with E-state index >= 15 is 0 Å². The second-order valence-corrected chi connectivity index (χ2v) is 6.58. The largest absolute Gasteiger partial charge is 0.326 e. The number of H-pyrrole nitrogens is 1. The number of carbonyl (C=O) groups excluding carboxylic acids is 2. The number of nitrogens with zero attached hydrogens (tertiary/aromatic N) is 2. The average Bonchev–Trinajstić information content (AvgIpc) is 2.97. The summed E-state index contributed by atoms with van der Waals surface area (Å²) < 4.78 is 1.95. The maximum Gasteiger partial charge on any atom is 0.244 e. The number of hydrogen-bond donors (Lipinski definition) is 3. The summed E-state index contributed by atoms with van der Waals surface area (Å²) in [7, 11) is 0. The summed E-state index contributed by atoms with van der Waals surface area (Å²) in [6, 6.07) is 13.9. The van der Waals surface area contributed by atoms with Gasteiger partial charge in [0.2, 0.25) is 11.8 Å². The van der Waals surface area contributed by atoms with Crippen molar-refractivity contribution in [2.75, 3.05) is 10.6 Å². The summed E-state index contributed by atoms with van der Waals surface area (Å²) in [5, 5.41) is 13.0. The van der Waals surface area contributed by atoms with Crippen LogP contribution in [0.15, 0.2) is 48.5 Å². The second-order valence-electron chi connectivity index (χ2n) is 5.75. The number of amides is 2. The van der Waals surface area contributed by atoms with E-state index in [2.05, 4.69) is 20.8 Å². The monoisotopic (exact) mass is 401 g/mol. The van der Waals surface area contributed by atoms with Crippen LogP contribution < -0.4 is 10.6 Å². The average molecular weight is 402 g/mol. The Balaban J connectivity index is 1.73. The van der Waals surface area contributed by atoms with Crippen LogP contribution in [-0.2, 0) is 16.1 Å². The predicted molar refractivity (Wildman–Crippen MR) is 107 cm³/mol. The molecular weight excluding hydrogens is 386 g/mol. The van der Waals surface area contributed by atoms with E-state index in [0.717, 1.165) is 5.56 Å². The van der Waals surface area contributed by atoms with Crippen molar-refractivity contribution in [3.05, 3.63) is 58.3 Å². The van der Waals surface area contributed by atoms with E-state index in [9.17, 15) is 9.59 Å². The Morgan fingerprint density at radius 1 is 1.07 bits per heavy atom. The number of anilines is 2. The first-order chi connectivity index (χ1) is 12.9. The van der Waals surface area contributed by atoms with Crippen molar-refractivity contribution in [1.82, 2.24) is 14.8 Å². The Labute approximate surface area is 165 Å². The van der Waals surface area contributed by atoms with Crippen LogP contribution in [0, 0.1) is 4.77 Å². The summed E-state index contributed by atoms with van der Waals surface area (Å²) in [6.45, 7) is 1.43. The lowest BCUT2D eigenvalue weighted by atomic mass is 10.2. The predicted octanol–water partition coefficient (Wildman–Crippen LogP) is 3.86. The minimum Gasteiger partial charge on any atom is -0.326 e. The number of nitrogens with one attached hydrogen (secondary N) is 3. The van der Waals surface area contributed by atoms with Crippen LogP contribution >= 0.6 is 23.8 Å². The molecule has 0 aliphatic carbocycles. The summed E-state index contributed by atoms with van der Waals surface area (Å²) >= 11 is 11.2. The smallest absolute Gasteiger partial charge is 0.244 e. The van der Waals surface area contributed by atoms with Crippen molar-refractivity contribution in [1.29, 1.82) is 0 Å². The van der Waals surface area contributed by atoms with E-state index < -0.39 is 0 Å². The van der Waals surface area contributed by atoms with Gasteiger partial charge in [0.25, 0.3) is 0 Å². The molecule has 138 valence electrons. The molecule has 0 radical (unpaired) electrons. The molecule has 0 saturated carbocycles. The highest BCUT2D eigenvalue weighted by atomic mass is 35.5. The Kier molecular flexibility index (Phi) is 5.68. The molecule has 0 unspecified atom stereocenters. The molecule has 1 aromatic heterocycles. The van der Waals surface area contributed by atoms with Gasteiger partial charge in [-0.2, -0.15) is 5.10 Å². The van der Waals surface area contributed by atoms with Gasteiger partial charge in [0.1, 0.15) is 6.54 Å². The standard InChI is InChI=1S/C18H16ClN5O2S/c1-11(25)20-14-6-8-15(9-7-14)21-16(26)10-24-17(22-23-18(24)27)12-2-4-13(19)5-3-12/h2-9H,10H2,1H3,(H,20,25)(H,21,26)(H,23,27). The van der Waals surface area contributed by atoms with Gasteiger partial charge in [-0.1, -0.05) is 11.6 Å². The van der Waals surface area contributed by atoms with E-state index in [1.807, 2.05) is 12.1 Å². The molecule has 0 aliphatic rings. The third-order valence-electron chi connectivity index (χ3n) is 3.65. The fourth-order valence-corrected chi connectivity index (χ4v) is 2.79. The Hall–Kier alpha value is -2.97. The molecule has 2 aromatic carbocycles. The second kappa shape index (κ2) is 8.15. The molecule has 7 nitrogen and oxygen atoms in total. The molecule has 0 atom stereocenters. The Bertz CT molecular complexity index is 1030. The van der Waals surface area contributed by atoms with Crippen LogP contribution in [0.2, 0.25) is 5.02 Å². The van der Waals surface area contributed by atoms with Gasteiger partial charge < -0.3 is 10.6 Å². The fourth-order valence-electron chi connectivity index (χ4n) is 2.47. The number of halogens is 1. The van der Waals surface area contributed by atoms with Crippen molar-refractivity contribution in [3.63, 3.8) is 0 Å². The minimum absolute atomic E-state index is 0.000735. The SMILES string of the molecule is CC(=O)Nc1ccc(NC(=O)Cn2c(-c3ccc(Cl)cc3)n[nH]c2=S)cc1. The van der Waals surface area contributed by atoms with Crippen molar-refractivity contribution < 1.29 is 9.59 Å². The Morgan fingerprint density at radius 3 is 2.26 bits per heavy atom. The van der Waals surface area contributed by atoms with Gasteiger partial charge in [0.05, 0.1) is 0 Å². The molecule has 3 N–H and O–H groups in total. The molecule has 3 aromatic rings. The normalized spacial score (nSPS) is 10.4. The molecule has 0 fully saturated rings. The number of carbonyl (C=O) groups is 2. The summed E-state index contributed by atoms with van der Waals surface area (Å²) in [6.07, 6.45) is 0. The van der Waals surface area contributed by atoms with Crippen LogP contribution in [0.5, 0.6) is 0 Å². The molecule has 9 heteroatoms. The molecular formula is C18H16ClN5O2S. The summed E-state index contributed by atoms with van der Waals surface area (Å²) in [5.41, 5.74) is 2.05. The van der Waals surface area contributed by atoms with E-state index in [4.69, 9.17) is 23.8 Å². The van der Waals surface area contributed by atoms with E-state index in [0.29, 0.717) is 27.0 Å². The zero-order valence-corrected chi connectivity index (χ0v) is 15.9. The van der Waals surface area contributed by atoms with Crippen molar-refractivity contribution in [2.45, 2.75) is 13.5 Å². The van der Waals surface area contributed by atoms with Crippen LogP contribution in [0.4, 0.5) is 11.4 Å². The van der Waals surface area contributed by atoms with E-state index in [-0.39, 0.29) is 18.4 Å². The molecule has 27 heavy (non-hydrogen) atoms. The molecule has 0 aliphatic heterocycles. The molecule has 1 heterocycles. The first-order valence-electron chi connectivity index (χ1n) is 8.01. The van der Waals surface area contributed by atoms with E-state index in [1.54, 1.807) is 41.0 Å². The van der Waals surface area contributed by atoms with Crippen molar-refractivity contribution in [2.24, 2.45) is 0 Å². The highest BCUT2D eigenvalue weighted by molar-refractivity contribution is 7.71. The molecule has 2 amide bonds. The van der Waals surface area contributed by atoms with Gasteiger partial charge in [-0.05, 0) is 60.7 Å². The minimum atomic E-state index is -0.255. The van der Waals surface area contributed by atoms with Gasteiger partial charge in [-0.3, -0.25) is 19.3 Å². The lowest BCUT2D eigenvalue weighted by Crippen LogP contribution is -2.19. The van der Waals surface area contributed by atoms with Crippen LogP contribution in [0.25, 0.3) is 11.4 Å². The highest BCUT2D eigenvalue weighted by Crippen LogP contribution is 2.20. The van der Waals surface area contributed by atoms with Gasteiger partial charge in [0.15, 0.2) is 10.6 Å². The highest BCUT2D eigenvalue weighted by Gasteiger charge is 2.12. The van der Waals surface area contributed by atoms with Crippen LogP contribution in [0.1, 0.15) is 6.92 Å². The third kappa shape index (κ3) is 4.81. The van der Waals surface area contributed by atoms with Gasteiger partial charge in [-0.25, -0.2) is 0 Å². The first kappa shape index (κ1) is 18.8. The Morgan fingerprint density at radius 2 is 1.67 bits per heavy atom. The lowest BCUT2D eigenvalue weighted by Gasteiger charge is -2.09. The topological polar surface area (TPSA) is 91.8 Å². The van der Waals surface area contributed by atoms with Crippen molar-refractivity contribution in [3.8, 4) is 11.4 Å². The zero-order chi connectivity index (χ0) is 19.4. The van der Waals surface area contributed by atoms with Crippen LogP contribution in [-0.4, -0.2) is 26.6 Å². The number of rotatable bonds is 5. The fraction of sp³-hybridized carbons (Fsp3) is 0.111. The number of aromatic nitrogens is 3. The van der Waals surface area contributed by atoms with Crippen LogP contribution in [0.3, 0.4) is 0 Å². The number of benzene rings is 2. The first-order valence-corrected chi connectivity index (χ1v) is 8.79. The van der Waals surface area contributed by atoms with Gasteiger partial charge >= 0.3 is 0 Å². The number of aromatic amines is 1. The third-order valence-corrected chi connectivity index (χ3v) is 4.22. The number of hydrogen-bond acceptors (Lipinski definition) is 4. The molecule has 0 spiro atoms. The lowest BCUT2D eigenvalue weighted by molar-refractivity contribution is -0.117. The quantitative estimate of drug-likeness (QED) is 0.566. The zero-order valence-electron chi connectivity index (χ0n) is 14.3. The molecule has 0 saturated heterocycles. The van der Waals surface area contributed by atoms with Gasteiger partial charge in [-0.15, -0.1) is 0 Å². The van der Waals surface area contributed by atoms with Crippen molar-refractivity contribution >= 4 is 47.0 Å². The van der Waals surface area contributed by atoms with E-state index in [1.165, 1.54) is 6.92 Å².